The largest absolute Gasteiger partial charge is 0.381 e. The van der Waals surface area contributed by atoms with Crippen LogP contribution in [0.15, 0.2) is 12.4 Å². The Kier molecular flexibility index (Phi) is 6.89. The zero-order valence-corrected chi connectivity index (χ0v) is 11.3. The first-order valence-corrected chi connectivity index (χ1v) is 6.52. The van der Waals surface area contributed by atoms with E-state index in [1.54, 1.807) is 0 Å². The Morgan fingerprint density at radius 1 is 1.47 bits per heavy atom. The molecule has 0 aliphatic carbocycles. The molecule has 0 aliphatic rings. The van der Waals surface area contributed by atoms with Crippen molar-refractivity contribution in [1.82, 2.24) is 14.9 Å². The fourth-order valence-electron chi connectivity index (χ4n) is 1.61. The molecule has 1 rings (SSSR count). The molecule has 98 valence electrons. The molecular weight excluding hydrogens is 214 g/mol. The molecule has 0 radical (unpaired) electrons. The SMILES string of the molecule is CCn1ccnc1CNCCCOCC(C)C. The van der Waals surface area contributed by atoms with Crippen molar-refractivity contribution in [2.45, 2.75) is 40.3 Å². The highest BCUT2D eigenvalue weighted by molar-refractivity contribution is 4.91. The van der Waals surface area contributed by atoms with E-state index in [1.165, 1.54) is 0 Å². The highest BCUT2D eigenvalue weighted by Gasteiger charge is 1.99. The first-order valence-electron chi connectivity index (χ1n) is 6.52. The van der Waals surface area contributed by atoms with Gasteiger partial charge in [0.1, 0.15) is 5.82 Å². The molecule has 4 nitrogen and oxygen atoms in total. The van der Waals surface area contributed by atoms with Gasteiger partial charge in [0, 0.05) is 32.2 Å². The zero-order chi connectivity index (χ0) is 12.5. The molecule has 1 N–H and O–H groups in total. The summed E-state index contributed by atoms with van der Waals surface area (Å²) >= 11 is 0. The Morgan fingerprint density at radius 3 is 3.00 bits per heavy atom. The second-order valence-corrected chi connectivity index (χ2v) is 4.63. The second-order valence-electron chi connectivity index (χ2n) is 4.63. The summed E-state index contributed by atoms with van der Waals surface area (Å²) in [6, 6.07) is 0. The van der Waals surface area contributed by atoms with Crippen molar-refractivity contribution >= 4 is 0 Å². The summed E-state index contributed by atoms with van der Waals surface area (Å²) < 4.78 is 7.67. The lowest BCUT2D eigenvalue weighted by Crippen LogP contribution is -2.19. The Labute approximate surface area is 104 Å². The molecule has 1 aromatic heterocycles. The van der Waals surface area contributed by atoms with Crippen molar-refractivity contribution < 1.29 is 4.74 Å². The van der Waals surface area contributed by atoms with Gasteiger partial charge in [-0.15, -0.1) is 0 Å². The van der Waals surface area contributed by atoms with Gasteiger partial charge in [0.15, 0.2) is 0 Å². The van der Waals surface area contributed by atoms with E-state index < -0.39 is 0 Å². The van der Waals surface area contributed by atoms with Gasteiger partial charge in [0.05, 0.1) is 6.54 Å². The molecule has 0 amide bonds. The lowest BCUT2D eigenvalue weighted by Gasteiger charge is -2.08. The van der Waals surface area contributed by atoms with E-state index >= 15 is 0 Å². The lowest BCUT2D eigenvalue weighted by molar-refractivity contribution is 0.108. The molecule has 0 saturated heterocycles. The molecule has 0 saturated carbocycles. The van der Waals surface area contributed by atoms with Crippen LogP contribution >= 0.6 is 0 Å². The Balaban J connectivity index is 2.01. The minimum Gasteiger partial charge on any atom is -0.381 e. The number of ether oxygens (including phenoxy) is 1. The van der Waals surface area contributed by atoms with Crippen molar-refractivity contribution in [2.24, 2.45) is 5.92 Å². The van der Waals surface area contributed by atoms with Crippen LogP contribution < -0.4 is 5.32 Å². The summed E-state index contributed by atoms with van der Waals surface area (Å²) in [5.41, 5.74) is 0. The summed E-state index contributed by atoms with van der Waals surface area (Å²) in [6.07, 6.45) is 4.93. The third-order valence-electron chi connectivity index (χ3n) is 2.52. The maximum Gasteiger partial charge on any atom is 0.122 e. The first kappa shape index (κ1) is 14.2. The molecule has 0 bridgehead atoms. The van der Waals surface area contributed by atoms with Crippen LogP contribution in [-0.4, -0.2) is 29.3 Å². The van der Waals surface area contributed by atoms with E-state index in [0.717, 1.165) is 45.1 Å². The molecule has 17 heavy (non-hydrogen) atoms. The van der Waals surface area contributed by atoms with Crippen molar-refractivity contribution in [3.63, 3.8) is 0 Å². The van der Waals surface area contributed by atoms with Gasteiger partial charge in [-0.1, -0.05) is 13.8 Å². The minimum atomic E-state index is 0.625. The van der Waals surface area contributed by atoms with Crippen LogP contribution in [0.1, 0.15) is 33.0 Å². The lowest BCUT2D eigenvalue weighted by atomic mass is 10.2. The minimum absolute atomic E-state index is 0.625. The maximum atomic E-state index is 5.52. The average molecular weight is 239 g/mol. The second kappa shape index (κ2) is 8.25. The Bertz CT molecular complexity index is 297. The molecule has 0 atom stereocenters. The first-order chi connectivity index (χ1) is 8.24. The van der Waals surface area contributed by atoms with E-state index in [1.807, 2.05) is 12.4 Å². The van der Waals surface area contributed by atoms with Crippen LogP contribution in [0.4, 0.5) is 0 Å². The molecule has 1 heterocycles. The predicted octanol–water partition coefficient (Wildman–Crippen LogP) is 2.06. The molecule has 0 unspecified atom stereocenters. The fourth-order valence-corrected chi connectivity index (χ4v) is 1.61. The molecule has 0 aromatic carbocycles. The number of aryl methyl sites for hydroxylation is 1. The Hall–Kier alpha value is -0.870. The van der Waals surface area contributed by atoms with Gasteiger partial charge in [0.25, 0.3) is 0 Å². The van der Waals surface area contributed by atoms with Gasteiger partial charge in [-0.2, -0.15) is 0 Å². The number of imidazole rings is 1. The molecule has 4 heteroatoms. The summed E-state index contributed by atoms with van der Waals surface area (Å²) in [7, 11) is 0. The van der Waals surface area contributed by atoms with Gasteiger partial charge in [-0.3, -0.25) is 0 Å². The highest BCUT2D eigenvalue weighted by Crippen LogP contribution is 1.97. The summed E-state index contributed by atoms with van der Waals surface area (Å²) in [4.78, 5) is 4.31. The van der Waals surface area contributed by atoms with Crippen molar-refractivity contribution in [1.29, 1.82) is 0 Å². The number of nitrogens with one attached hydrogen (secondary N) is 1. The van der Waals surface area contributed by atoms with Crippen molar-refractivity contribution in [2.75, 3.05) is 19.8 Å². The maximum absolute atomic E-state index is 5.52. The predicted molar refractivity (Wildman–Crippen MR) is 69.9 cm³/mol. The molecule has 0 aliphatic heterocycles. The van der Waals surface area contributed by atoms with Gasteiger partial charge >= 0.3 is 0 Å². The third-order valence-corrected chi connectivity index (χ3v) is 2.52. The molecule has 0 spiro atoms. The van der Waals surface area contributed by atoms with Crippen LogP contribution in [0.3, 0.4) is 0 Å². The van der Waals surface area contributed by atoms with E-state index in [9.17, 15) is 0 Å². The number of rotatable bonds is 9. The Morgan fingerprint density at radius 2 is 2.29 bits per heavy atom. The van der Waals surface area contributed by atoms with E-state index in [4.69, 9.17) is 4.74 Å². The molecule has 0 fully saturated rings. The number of aromatic nitrogens is 2. The van der Waals surface area contributed by atoms with Crippen LogP contribution in [-0.2, 0) is 17.8 Å². The van der Waals surface area contributed by atoms with E-state index in [-0.39, 0.29) is 0 Å². The topological polar surface area (TPSA) is 39.1 Å². The van der Waals surface area contributed by atoms with E-state index in [2.05, 4.69) is 35.6 Å². The van der Waals surface area contributed by atoms with Gasteiger partial charge in [0.2, 0.25) is 0 Å². The van der Waals surface area contributed by atoms with Gasteiger partial charge in [-0.05, 0) is 25.8 Å². The quantitative estimate of drug-likeness (QED) is 0.670. The summed E-state index contributed by atoms with van der Waals surface area (Å²) in [5.74, 6) is 1.73. The normalized spacial score (nSPS) is 11.3. The monoisotopic (exact) mass is 239 g/mol. The van der Waals surface area contributed by atoms with Crippen molar-refractivity contribution in [3.05, 3.63) is 18.2 Å². The van der Waals surface area contributed by atoms with Crippen LogP contribution in [0.5, 0.6) is 0 Å². The molecular formula is C13H25N3O. The number of hydrogen-bond acceptors (Lipinski definition) is 3. The van der Waals surface area contributed by atoms with Crippen molar-refractivity contribution in [3.8, 4) is 0 Å². The van der Waals surface area contributed by atoms with Crippen LogP contribution in [0.25, 0.3) is 0 Å². The fraction of sp³-hybridized carbons (Fsp3) is 0.769. The standard InChI is InChI=1S/C13H25N3O/c1-4-16-8-7-15-13(16)10-14-6-5-9-17-11-12(2)3/h7-8,12,14H,4-6,9-11H2,1-3H3. The number of hydrogen-bond donors (Lipinski definition) is 1. The molecule has 1 aromatic rings. The average Bonchev–Trinajstić information content (AvgIpc) is 2.74. The van der Waals surface area contributed by atoms with Gasteiger partial charge in [-0.25, -0.2) is 4.98 Å². The summed E-state index contributed by atoms with van der Waals surface area (Å²) in [6.45, 7) is 11.0. The van der Waals surface area contributed by atoms with E-state index in [0.29, 0.717) is 5.92 Å². The van der Waals surface area contributed by atoms with Gasteiger partial charge < -0.3 is 14.6 Å². The third kappa shape index (κ3) is 5.84. The zero-order valence-electron chi connectivity index (χ0n) is 11.3. The highest BCUT2D eigenvalue weighted by atomic mass is 16.5. The van der Waals surface area contributed by atoms with Crippen LogP contribution in [0.2, 0.25) is 0 Å². The summed E-state index contributed by atoms with van der Waals surface area (Å²) in [5, 5.41) is 3.39. The number of nitrogens with zero attached hydrogens (tertiary/aromatic N) is 2. The smallest absolute Gasteiger partial charge is 0.122 e. The van der Waals surface area contributed by atoms with Crippen LogP contribution in [0, 0.1) is 5.92 Å².